The van der Waals surface area contributed by atoms with Gasteiger partial charge < -0.3 is 5.32 Å². The van der Waals surface area contributed by atoms with Crippen molar-refractivity contribution in [1.82, 2.24) is 5.32 Å². The number of amides is 1. The number of aryl methyl sites for hydroxylation is 3. The molecule has 0 bridgehead atoms. The number of nitrogens with one attached hydrogen (secondary N) is 1. The molecule has 3 aromatic carbocycles. The van der Waals surface area contributed by atoms with Gasteiger partial charge in [-0.3, -0.25) is 9.10 Å². The fraction of sp³-hybridized carbons (Fsp3) is 0.269. The lowest BCUT2D eigenvalue weighted by atomic mass is 10.0. The van der Waals surface area contributed by atoms with Crippen LogP contribution in [-0.2, 0) is 34.2 Å². The van der Waals surface area contributed by atoms with Crippen molar-refractivity contribution in [2.24, 2.45) is 0 Å². The molecule has 0 unspecified atom stereocenters. The summed E-state index contributed by atoms with van der Waals surface area (Å²) in [4.78, 5) is 13.1. The van der Waals surface area contributed by atoms with Crippen LogP contribution in [0.5, 0.6) is 0 Å². The van der Waals surface area contributed by atoms with E-state index in [9.17, 15) is 13.2 Å². The molecule has 0 aromatic heterocycles. The number of sulfonamides is 1. The van der Waals surface area contributed by atoms with Gasteiger partial charge in [-0.05, 0) is 60.7 Å². The van der Waals surface area contributed by atoms with E-state index in [1.807, 2.05) is 6.92 Å². The van der Waals surface area contributed by atoms with Crippen molar-refractivity contribution in [2.45, 2.75) is 45.1 Å². The van der Waals surface area contributed by atoms with Crippen molar-refractivity contribution in [3.8, 4) is 0 Å². The fourth-order valence-corrected chi connectivity index (χ4v) is 5.49. The molecule has 0 saturated heterocycles. The summed E-state index contributed by atoms with van der Waals surface area (Å²) in [6.45, 7) is 5.87. The van der Waals surface area contributed by atoms with Gasteiger partial charge in [0.05, 0.1) is 20.6 Å². The van der Waals surface area contributed by atoms with Crippen LogP contribution >= 0.6 is 23.2 Å². The molecule has 0 spiro atoms. The molecule has 1 amide bonds. The second-order valence-corrected chi connectivity index (χ2v) is 10.6. The van der Waals surface area contributed by atoms with E-state index in [-0.39, 0.29) is 20.6 Å². The molecule has 0 aliphatic carbocycles. The Morgan fingerprint density at radius 2 is 1.65 bits per heavy atom. The number of halogens is 2. The van der Waals surface area contributed by atoms with E-state index in [1.54, 1.807) is 24.3 Å². The highest BCUT2D eigenvalue weighted by Crippen LogP contribution is 2.35. The van der Waals surface area contributed by atoms with E-state index in [2.05, 4.69) is 37.4 Å². The first kappa shape index (κ1) is 26.1. The van der Waals surface area contributed by atoms with Gasteiger partial charge in [-0.15, -0.1) is 0 Å². The van der Waals surface area contributed by atoms with Crippen LogP contribution in [0.2, 0.25) is 10.0 Å². The molecule has 3 rings (SSSR count). The molecule has 1 N–H and O–H groups in total. The minimum atomic E-state index is -4.08. The first-order valence-electron chi connectivity index (χ1n) is 11.1. The number of benzene rings is 3. The van der Waals surface area contributed by atoms with Gasteiger partial charge in [0.25, 0.3) is 10.0 Å². The van der Waals surface area contributed by atoms with E-state index in [0.717, 1.165) is 33.8 Å². The summed E-state index contributed by atoms with van der Waals surface area (Å²) >= 11 is 12.5. The van der Waals surface area contributed by atoms with E-state index in [4.69, 9.17) is 23.2 Å². The Labute approximate surface area is 211 Å². The highest BCUT2D eigenvalue weighted by atomic mass is 35.5. The number of hydrogen-bond acceptors (Lipinski definition) is 3. The van der Waals surface area contributed by atoms with Crippen molar-refractivity contribution in [1.29, 1.82) is 0 Å². The van der Waals surface area contributed by atoms with E-state index < -0.39 is 22.5 Å². The molecular weight excluding hydrogens is 491 g/mol. The van der Waals surface area contributed by atoms with Crippen LogP contribution < -0.4 is 9.62 Å². The van der Waals surface area contributed by atoms with E-state index in [1.165, 1.54) is 23.8 Å². The largest absolute Gasteiger partial charge is 0.350 e. The summed E-state index contributed by atoms with van der Waals surface area (Å²) in [5.41, 5.74) is 4.40. The Hall–Kier alpha value is -2.54. The van der Waals surface area contributed by atoms with Gasteiger partial charge >= 0.3 is 0 Å². The molecule has 34 heavy (non-hydrogen) atoms. The van der Waals surface area contributed by atoms with Gasteiger partial charge in [-0.2, -0.15) is 0 Å². The highest BCUT2D eigenvalue weighted by molar-refractivity contribution is 7.92. The number of rotatable bonds is 9. The lowest BCUT2D eigenvalue weighted by molar-refractivity contribution is -0.119. The zero-order valence-electron chi connectivity index (χ0n) is 19.4. The first-order chi connectivity index (χ1) is 16.2. The van der Waals surface area contributed by atoms with Crippen LogP contribution in [0.3, 0.4) is 0 Å². The molecule has 0 aliphatic heterocycles. The third kappa shape index (κ3) is 5.93. The Morgan fingerprint density at radius 1 is 0.941 bits per heavy atom. The quantitative estimate of drug-likeness (QED) is 0.381. The smallest absolute Gasteiger partial charge is 0.264 e. The summed E-state index contributed by atoms with van der Waals surface area (Å²) in [5.74, 6) is -0.448. The first-order valence-corrected chi connectivity index (χ1v) is 13.3. The predicted molar refractivity (Wildman–Crippen MR) is 139 cm³/mol. The molecule has 0 saturated carbocycles. The molecule has 5 nitrogen and oxygen atoms in total. The summed E-state index contributed by atoms with van der Waals surface area (Å²) in [7, 11) is -4.08. The van der Waals surface area contributed by atoms with Gasteiger partial charge in [0.15, 0.2) is 0 Å². The Bertz CT molecular complexity index is 1280. The Balaban J connectivity index is 1.91. The standard InChI is InChI=1S/C26H28Cl2N2O3S/c1-4-19-11-12-20(5-2)21(15-19)16-29-25(31)17-30(24-8-6-7-23(27)26(24)28)34(32,33)22-13-9-18(3)10-14-22/h6-15H,4-5,16-17H2,1-3H3,(H,29,31). The summed E-state index contributed by atoms with van der Waals surface area (Å²) in [6.07, 6.45) is 1.72. The van der Waals surface area contributed by atoms with Crippen LogP contribution in [0.1, 0.15) is 36.1 Å². The predicted octanol–water partition coefficient (Wildman–Crippen LogP) is 5.94. The number of carbonyl (C=O) groups excluding carboxylic acids is 1. The molecule has 0 atom stereocenters. The zero-order chi connectivity index (χ0) is 24.9. The maximum absolute atomic E-state index is 13.5. The van der Waals surface area contributed by atoms with Gasteiger partial charge in [0.1, 0.15) is 6.54 Å². The molecule has 8 heteroatoms. The van der Waals surface area contributed by atoms with Crippen molar-refractivity contribution < 1.29 is 13.2 Å². The van der Waals surface area contributed by atoms with Gasteiger partial charge in [-0.25, -0.2) is 8.42 Å². The van der Waals surface area contributed by atoms with E-state index in [0.29, 0.717) is 6.54 Å². The van der Waals surface area contributed by atoms with Crippen molar-refractivity contribution in [3.05, 3.63) is 93.0 Å². The maximum atomic E-state index is 13.5. The molecule has 3 aromatic rings. The number of nitrogens with zero attached hydrogens (tertiary/aromatic N) is 1. The molecular formula is C26H28Cl2N2O3S. The van der Waals surface area contributed by atoms with Crippen LogP contribution in [0.25, 0.3) is 0 Å². The van der Waals surface area contributed by atoms with Crippen molar-refractivity contribution in [3.63, 3.8) is 0 Å². The average Bonchev–Trinajstić information content (AvgIpc) is 2.83. The molecule has 0 radical (unpaired) electrons. The van der Waals surface area contributed by atoms with Crippen LogP contribution in [0, 0.1) is 6.92 Å². The normalized spacial score (nSPS) is 11.3. The zero-order valence-corrected chi connectivity index (χ0v) is 21.8. The average molecular weight is 519 g/mol. The van der Waals surface area contributed by atoms with Crippen LogP contribution in [0.15, 0.2) is 65.6 Å². The lowest BCUT2D eigenvalue weighted by Crippen LogP contribution is -2.41. The number of anilines is 1. The maximum Gasteiger partial charge on any atom is 0.264 e. The van der Waals surface area contributed by atoms with Gasteiger partial charge in [0, 0.05) is 6.54 Å². The summed E-state index contributed by atoms with van der Waals surface area (Å²) < 4.78 is 28.1. The minimum absolute atomic E-state index is 0.0610. The highest BCUT2D eigenvalue weighted by Gasteiger charge is 2.29. The molecule has 180 valence electrons. The number of hydrogen-bond donors (Lipinski definition) is 1. The summed E-state index contributed by atoms with van der Waals surface area (Å²) in [5, 5.41) is 3.14. The third-order valence-electron chi connectivity index (χ3n) is 5.63. The second-order valence-electron chi connectivity index (χ2n) is 7.98. The minimum Gasteiger partial charge on any atom is -0.350 e. The topological polar surface area (TPSA) is 66.5 Å². The summed E-state index contributed by atoms with van der Waals surface area (Å²) in [6, 6.07) is 17.4. The van der Waals surface area contributed by atoms with Crippen LogP contribution in [-0.4, -0.2) is 20.9 Å². The monoisotopic (exact) mass is 518 g/mol. The van der Waals surface area contributed by atoms with Gasteiger partial charge in [-0.1, -0.05) is 79.0 Å². The molecule has 0 heterocycles. The van der Waals surface area contributed by atoms with Crippen molar-refractivity contribution >= 4 is 44.8 Å². The Morgan fingerprint density at radius 3 is 2.29 bits per heavy atom. The van der Waals surface area contributed by atoms with Crippen LogP contribution in [0.4, 0.5) is 5.69 Å². The Kier molecular flexibility index (Phi) is 8.63. The van der Waals surface area contributed by atoms with E-state index >= 15 is 0 Å². The van der Waals surface area contributed by atoms with Crippen molar-refractivity contribution in [2.75, 3.05) is 10.8 Å². The molecule has 0 aliphatic rings. The lowest BCUT2D eigenvalue weighted by Gasteiger charge is -2.25. The molecule has 0 fully saturated rings. The number of carbonyl (C=O) groups is 1. The SMILES string of the molecule is CCc1ccc(CC)c(CNC(=O)CN(c2cccc(Cl)c2Cl)S(=O)(=O)c2ccc(C)cc2)c1. The second kappa shape index (κ2) is 11.3. The third-order valence-corrected chi connectivity index (χ3v) is 8.21. The fourth-order valence-electron chi connectivity index (χ4n) is 3.61. The van der Waals surface area contributed by atoms with Gasteiger partial charge in [0.2, 0.25) is 5.91 Å².